The van der Waals surface area contributed by atoms with Crippen LogP contribution in [0.4, 0.5) is 0 Å². The second-order valence-electron chi connectivity index (χ2n) is 5.84. The van der Waals surface area contributed by atoms with Gasteiger partial charge < -0.3 is 15.5 Å². The van der Waals surface area contributed by atoms with E-state index in [4.69, 9.17) is 0 Å². The number of rotatable bonds is 4. The number of nitrogens with zero attached hydrogens (tertiary/aromatic N) is 2. The number of amides is 1. The molecule has 0 saturated carbocycles. The van der Waals surface area contributed by atoms with E-state index >= 15 is 0 Å². The average molecular weight is 303 g/mol. The summed E-state index contributed by atoms with van der Waals surface area (Å²) in [5, 5.41) is 27.1. The van der Waals surface area contributed by atoms with E-state index in [1.54, 1.807) is 50.1 Å². The standard InChI is InChI=1S/C16H21N3O3/c1-10-5-11(2)14(20)13(6-10)15(21)17-9-16(3,22)12-7-18-19(4)8-12/h5-8,20,22H,9H2,1-4H3,(H,17,21). The monoisotopic (exact) mass is 303 g/mol. The molecule has 0 bridgehead atoms. The molecule has 3 N–H and O–H groups in total. The minimum Gasteiger partial charge on any atom is -0.507 e. The zero-order chi connectivity index (χ0) is 16.5. The number of nitrogens with one attached hydrogen (secondary N) is 1. The van der Waals surface area contributed by atoms with Crippen molar-refractivity contribution in [2.75, 3.05) is 6.54 Å². The fraction of sp³-hybridized carbons (Fsp3) is 0.375. The molecule has 6 nitrogen and oxygen atoms in total. The Labute approximate surface area is 129 Å². The van der Waals surface area contributed by atoms with Crippen molar-refractivity contribution in [3.8, 4) is 5.75 Å². The predicted molar refractivity (Wildman–Crippen MR) is 82.7 cm³/mol. The fourth-order valence-corrected chi connectivity index (χ4v) is 2.28. The third-order valence-corrected chi connectivity index (χ3v) is 3.61. The summed E-state index contributed by atoms with van der Waals surface area (Å²) in [6.07, 6.45) is 3.25. The smallest absolute Gasteiger partial charge is 0.255 e. The Morgan fingerprint density at radius 1 is 1.41 bits per heavy atom. The molecule has 22 heavy (non-hydrogen) atoms. The quantitative estimate of drug-likeness (QED) is 0.796. The minimum absolute atomic E-state index is 0.0178. The molecule has 0 spiro atoms. The summed E-state index contributed by atoms with van der Waals surface area (Å²) in [5.41, 5.74) is 1.11. The first kappa shape index (κ1) is 16.0. The van der Waals surface area contributed by atoms with Crippen molar-refractivity contribution >= 4 is 5.91 Å². The first-order valence-corrected chi connectivity index (χ1v) is 7.00. The first-order valence-electron chi connectivity index (χ1n) is 7.00. The lowest BCUT2D eigenvalue weighted by Gasteiger charge is -2.22. The summed E-state index contributed by atoms with van der Waals surface area (Å²) >= 11 is 0. The van der Waals surface area contributed by atoms with Gasteiger partial charge in [-0.1, -0.05) is 6.07 Å². The van der Waals surface area contributed by atoms with E-state index in [1.807, 2.05) is 6.92 Å². The molecule has 1 unspecified atom stereocenters. The van der Waals surface area contributed by atoms with Gasteiger partial charge in [0.05, 0.1) is 18.3 Å². The van der Waals surface area contributed by atoms with Crippen LogP contribution in [0.1, 0.15) is 34.0 Å². The normalized spacial score (nSPS) is 13.7. The summed E-state index contributed by atoms with van der Waals surface area (Å²) in [6.45, 7) is 5.22. The maximum Gasteiger partial charge on any atom is 0.255 e. The number of aromatic nitrogens is 2. The van der Waals surface area contributed by atoms with E-state index in [2.05, 4.69) is 10.4 Å². The second-order valence-corrected chi connectivity index (χ2v) is 5.84. The molecule has 2 aromatic rings. The van der Waals surface area contributed by atoms with Crippen LogP contribution in [0.25, 0.3) is 0 Å². The van der Waals surface area contributed by atoms with Crippen LogP contribution in [0.15, 0.2) is 24.5 Å². The molecule has 0 aliphatic rings. The highest BCUT2D eigenvalue weighted by molar-refractivity contribution is 5.97. The van der Waals surface area contributed by atoms with Gasteiger partial charge in [0.25, 0.3) is 5.91 Å². The van der Waals surface area contributed by atoms with Gasteiger partial charge in [0, 0.05) is 18.8 Å². The van der Waals surface area contributed by atoms with Crippen LogP contribution in [0.5, 0.6) is 5.75 Å². The van der Waals surface area contributed by atoms with Crippen LogP contribution in [0.3, 0.4) is 0 Å². The predicted octanol–water partition coefficient (Wildman–Crippen LogP) is 1.38. The maximum atomic E-state index is 12.3. The molecule has 6 heteroatoms. The van der Waals surface area contributed by atoms with Gasteiger partial charge in [0.2, 0.25) is 0 Å². The van der Waals surface area contributed by atoms with Gasteiger partial charge in [-0.2, -0.15) is 5.10 Å². The summed E-state index contributed by atoms with van der Waals surface area (Å²) in [6, 6.07) is 3.42. The first-order chi connectivity index (χ1) is 10.2. The molecule has 0 fully saturated rings. The molecule has 0 aliphatic carbocycles. The summed E-state index contributed by atoms with van der Waals surface area (Å²) in [4.78, 5) is 12.3. The number of phenols is 1. The Morgan fingerprint density at radius 3 is 2.68 bits per heavy atom. The molecule has 118 valence electrons. The van der Waals surface area contributed by atoms with Gasteiger partial charge in [-0.25, -0.2) is 0 Å². The SMILES string of the molecule is Cc1cc(C)c(O)c(C(=O)NCC(C)(O)c2cnn(C)c2)c1. The number of aliphatic hydroxyl groups is 1. The lowest BCUT2D eigenvalue weighted by atomic mass is 9.99. The van der Waals surface area contributed by atoms with Crippen molar-refractivity contribution < 1.29 is 15.0 Å². The average Bonchev–Trinajstić information content (AvgIpc) is 2.88. The van der Waals surface area contributed by atoms with E-state index in [9.17, 15) is 15.0 Å². The summed E-state index contributed by atoms with van der Waals surface area (Å²) in [5.74, 6) is -0.461. The number of aromatic hydroxyl groups is 1. The number of carbonyl (C=O) groups excluding carboxylic acids is 1. The topological polar surface area (TPSA) is 87.4 Å². The van der Waals surface area contributed by atoms with Crippen molar-refractivity contribution in [2.45, 2.75) is 26.4 Å². The van der Waals surface area contributed by atoms with Crippen molar-refractivity contribution in [1.82, 2.24) is 15.1 Å². The van der Waals surface area contributed by atoms with Crippen LogP contribution in [-0.4, -0.2) is 32.4 Å². The van der Waals surface area contributed by atoms with E-state index in [-0.39, 0.29) is 17.9 Å². The molecule has 2 rings (SSSR count). The molecule has 0 saturated heterocycles. The molecule has 1 atom stereocenters. The van der Waals surface area contributed by atoms with Gasteiger partial charge in [0.1, 0.15) is 11.4 Å². The second kappa shape index (κ2) is 5.81. The van der Waals surface area contributed by atoms with Gasteiger partial charge in [-0.15, -0.1) is 0 Å². The Balaban J connectivity index is 2.13. The Hall–Kier alpha value is -2.34. The maximum absolute atomic E-state index is 12.3. The lowest BCUT2D eigenvalue weighted by Crippen LogP contribution is -2.38. The highest BCUT2D eigenvalue weighted by Gasteiger charge is 2.26. The summed E-state index contributed by atoms with van der Waals surface area (Å²) < 4.78 is 1.58. The fourth-order valence-electron chi connectivity index (χ4n) is 2.28. The zero-order valence-corrected chi connectivity index (χ0v) is 13.2. The van der Waals surface area contributed by atoms with Crippen molar-refractivity contribution in [3.05, 3.63) is 46.8 Å². The number of carbonyl (C=O) groups is 1. The number of phenolic OH excluding ortho intramolecular Hbond substituents is 1. The molecular formula is C16H21N3O3. The third kappa shape index (κ3) is 3.28. The molecule has 1 heterocycles. The number of hydrogen-bond acceptors (Lipinski definition) is 4. The molecule has 1 aromatic heterocycles. The zero-order valence-electron chi connectivity index (χ0n) is 13.2. The Morgan fingerprint density at radius 2 is 2.09 bits per heavy atom. The van der Waals surface area contributed by atoms with Gasteiger partial charge in [0.15, 0.2) is 0 Å². The van der Waals surface area contributed by atoms with Crippen LogP contribution >= 0.6 is 0 Å². The minimum atomic E-state index is -1.24. The number of benzene rings is 1. The van der Waals surface area contributed by atoms with Crippen LogP contribution in [0, 0.1) is 13.8 Å². The molecule has 0 radical (unpaired) electrons. The van der Waals surface area contributed by atoms with E-state index < -0.39 is 11.5 Å². The van der Waals surface area contributed by atoms with E-state index in [1.165, 1.54) is 0 Å². The van der Waals surface area contributed by atoms with Gasteiger partial charge in [-0.05, 0) is 38.0 Å². The molecule has 1 aromatic carbocycles. The third-order valence-electron chi connectivity index (χ3n) is 3.61. The van der Waals surface area contributed by atoms with Crippen molar-refractivity contribution in [1.29, 1.82) is 0 Å². The molecular weight excluding hydrogens is 282 g/mol. The highest BCUT2D eigenvalue weighted by Crippen LogP contribution is 2.24. The van der Waals surface area contributed by atoms with Crippen molar-refractivity contribution in [2.24, 2.45) is 7.05 Å². The van der Waals surface area contributed by atoms with Gasteiger partial charge >= 0.3 is 0 Å². The number of aryl methyl sites for hydroxylation is 3. The summed E-state index contributed by atoms with van der Waals surface area (Å²) in [7, 11) is 1.76. The van der Waals surface area contributed by atoms with E-state index in [0.717, 1.165) is 5.56 Å². The van der Waals surface area contributed by atoms with E-state index in [0.29, 0.717) is 11.1 Å². The highest BCUT2D eigenvalue weighted by atomic mass is 16.3. The Bertz CT molecular complexity index is 705. The largest absolute Gasteiger partial charge is 0.507 e. The molecule has 1 amide bonds. The molecule has 0 aliphatic heterocycles. The number of hydrogen-bond donors (Lipinski definition) is 3. The van der Waals surface area contributed by atoms with Crippen molar-refractivity contribution in [3.63, 3.8) is 0 Å². The van der Waals surface area contributed by atoms with Crippen LogP contribution in [-0.2, 0) is 12.6 Å². The lowest BCUT2D eigenvalue weighted by molar-refractivity contribution is 0.0525. The Kier molecular flexibility index (Phi) is 4.23. The van der Waals surface area contributed by atoms with Crippen LogP contribution < -0.4 is 5.32 Å². The van der Waals surface area contributed by atoms with Gasteiger partial charge in [-0.3, -0.25) is 9.48 Å². The van der Waals surface area contributed by atoms with Crippen LogP contribution in [0.2, 0.25) is 0 Å².